The topological polar surface area (TPSA) is 130 Å². The van der Waals surface area contributed by atoms with Crippen LogP contribution in [0.1, 0.15) is 16.8 Å². The number of nitrogens with two attached hydrogens (primary N) is 1. The highest BCUT2D eigenvalue weighted by atomic mass is 31.2. The van der Waals surface area contributed by atoms with Gasteiger partial charge < -0.3 is 15.6 Å². The second-order valence-corrected chi connectivity index (χ2v) is 6.43. The summed E-state index contributed by atoms with van der Waals surface area (Å²) in [5.74, 6) is -0.965. The summed E-state index contributed by atoms with van der Waals surface area (Å²) in [7, 11) is -3.72. The fourth-order valence-corrected chi connectivity index (χ4v) is 2.86. The molecule has 0 aliphatic rings. The van der Waals surface area contributed by atoms with Crippen molar-refractivity contribution in [1.29, 1.82) is 0 Å². The molecule has 0 amide bonds. The van der Waals surface area contributed by atoms with Gasteiger partial charge in [0.1, 0.15) is 11.9 Å². The first-order valence-electron chi connectivity index (χ1n) is 5.90. The van der Waals surface area contributed by atoms with Gasteiger partial charge >= 0.3 is 19.2 Å². The van der Waals surface area contributed by atoms with Crippen LogP contribution >= 0.6 is 7.72 Å². The van der Waals surface area contributed by atoms with E-state index in [9.17, 15) is 19.4 Å². The number of carboxylic acids is 1. The molecule has 110 valence electrons. The minimum absolute atomic E-state index is 0.0669. The Hall–Kier alpha value is -1.53. The summed E-state index contributed by atoms with van der Waals surface area (Å²) < 4.78 is 4.93. The lowest BCUT2D eigenvalue weighted by Gasteiger charge is -2.11. The van der Waals surface area contributed by atoms with Crippen LogP contribution in [0, 0.1) is 0 Å². The van der Waals surface area contributed by atoms with E-state index >= 15 is 0 Å². The van der Waals surface area contributed by atoms with Gasteiger partial charge in [0.05, 0.1) is 5.56 Å². The first kappa shape index (κ1) is 16.5. The van der Waals surface area contributed by atoms with Crippen LogP contribution in [-0.2, 0) is 4.79 Å². The van der Waals surface area contributed by atoms with E-state index in [1.165, 1.54) is 24.3 Å². The van der Waals surface area contributed by atoms with Crippen molar-refractivity contribution < 1.29 is 29.2 Å². The normalized spacial score (nSPS) is 11.2. The van der Waals surface area contributed by atoms with Crippen LogP contribution in [0.4, 0.5) is 0 Å². The van der Waals surface area contributed by atoms with Crippen molar-refractivity contribution >= 4 is 19.2 Å². The zero-order chi connectivity index (χ0) is 15.2. The summed E-state index contributed by atoms with van der Waals surface area (Å²) in [5.41, 5.74) is 4.58. The van der Waals surface area contributed by atoms with Crippen LogP contribution in [0.25, 0.3) is 0 Å². The van der Waals surface area contributed by atoms with Gasteiger partial charge in [-0.25, -0.2) is 19.4 Å². The van der Waals surface area contributed by atoms with Crippen LogP contribution in [-0.4, -0.2) is 45.7 Å². The Labute approximate surface area is 116 Å². The lowest BCUT2D eigenvalue weighted by atomic mass is 10.2. The van der Waals surface area contributed by atoms with Crippen molar-refractivity contribution in [2.24, 2.45) is 5.73 Å². The van der Waals surface area contributed by atoms with Gasteiger partial charge in [0, 0.05) is 0 Å². The SMILES string of the molecule is NCCC[P+](O)(O)C(=O)c1cccc(OCC(=O)O)c1. The summed E-state index contributed by atoms with van der Waals surface area (Å²) in [6, 6.07) is 5.66. The standard InChI is InChI=1S/C12H16NO6P/c13-5-2-6-20(17,18)12(16)9-3-1-4-10(7-9)19-8-11(14)15/h1,3-4,7,17-18H,2,5-6,8,13H2/p+1. The largest absolute Gasteiger partial charge is 0.482 e. The van der Waals surface area contributed by atoms with Crippen LogP contribution in [0.3, 0.4) is 0 Å². The number of benzene rings is 1. The molecule has 0 aromatic heterocycles. The molecule has 0 aliphatic carbocycles. The van der Waals surface area contributed by atoms with E-state index in [0.29, 0.717) is 6.42 Å². The number of aliphatic carboxylic acids is 1. The summed E-state index contributed by atoms with van der Waals surface area (Å²) >= 11 is 0. The van der Waals surface area contributed by atoms with Crippen molar-refractivity contribution in [2.45, 2.75) is 6.42 Å². The molecule has 0 spiro atoms. The summed E-state index contributed by atoms with van der Waals surface area (Å²) in [6.07, 6.45) is 0.268. The molecule has 0 saturated heterocycles. The zero-order valence-electron chi connectivity index (χ0n) is 10.7. The van der Waals surface area contributed by atoms with Crippen molar-refractivity contribution in [2.75, 3.05) is 19.3 Å². The minimum Gasteiger partial charge on any atom is -0.482 e. The van der Waals surface area contributed by atoms with Crippen molar-refractivity contribution in [1.82, 2.24) is 0 Å². The Balaban J connectivity index is 2.82. The zero-order valence-corrected chi connectivity index (χ0v) is 11.6. The average Bonchev–Trinajstić information content (AvgIpc) is 2.42. The highest BCUT2D eigenvalue weighted by Gasteiger charge is 2.43. The highest BCUT2D eigenvalue weighted by Crippen LogP contribution is 2.53. The molecule has 0 radical (unpaired) electrons. The maximum absolute atomic E-state index is 12.0. The van der Waals surface area contributed by atoms with Crippen LogP contribution in [0.5, 0.6) is 5.75 Å². The van der Waals surface area contributed by atoms with Gasteiger partial charge in [-0.15, -0.1) is 0 Å². The number of carbonyl (C=O) groups is 2. The summed E-state index contributed by atoms with van der Waals surface area (Å²) in [6.45, 7) is -0.277. The first-order chi connectivity index (χ1) is 9.36. The Bertz CT molecular complexity index is 491. The Morgan fingerprint density at radius 3 is 2.60 bits per heavy atom. The fraction of sp³-hybridized carbons (Fsp3) is 0.333. The number of hydrogen-bond donors (Lipinski definition) is 4. The molecule has 1 rings (SSSR count). The molecule has 0 heterocycles. The predicted octanol–water partition coefficient (Wildman–Crippen LogP) is 0.471. The minimum atomic E-state index is -3.72. The average molecular weight is 302 g/mol. The lowest BCUT2D eigenvalue weighted by molar-refractivity contribution is -0.139. The second-order valence-electron chi connectivity index (χ2n) is 4.11. The maximum atomic E-state index is 12.0. The smallest absolute Gasteiger partial charge is 0.356 e. The Kier molecular flexibility index (Phi) is 6.04. The van der Waals surface area contributed by atoms with Gasteiger partial charge in [-0.05, 0) is 31.2 Å². The van der Waals surface area contributed by atoms with Gasteiger partial charge in [0.25, 0.3) is 0 Å². The molecule has 20 heavy (non-hydrogen) atoms. The maximum Gasteiger partial charge on any atom is 0.356 e. The number of hydrogen-bond acceptors (Lipinski definition) is 6. The predicted molar refractivity (Wildman–Crippen MR) is 73.8 cm³/mol. The highest BCUT2D eigenvalue weighted by molar-refractivity contribution is 7.81. The molecule has 5 N–H and O–H groups in total. The van der Waals surface area contributed by atoms with E-state index in [2.05, 4.69) is 0 Å². The van der Waals surface area contributed by atoms with Crippen molar-refractivity contribution in [3.8, 4) is 5.75 Å². The molecule has 7 nitrogen and oxygen atoms in total. The second kappa shape index (κ2) is 7.31. The molecular weight excluding hydrogens is 285 g/mol. The number of carbonyl (C=O) groups excluding carboxylic acids is 1. The van der Waals surface area contributed by atoms with E-state index in [1.807, 2.05) is 0 Å². The molecular formula is C12H17NO6P+. The number of carboxylic acid groups (broad SMARTS) is 1. The Morgan fingerprint density at radius 2 is 2.00 bits per heavy atom. The van der Waals surface area contributed by atoms with Crippen molar-refractivity contribution in [3.05, 3.63) is 29.8 Å². The summed E-state index contributed by atoms with van der Waals surface area (Å²) in [4.78, 5) is 42.0. The van der Waals surface area contributed by atoms with Gasteiger partial charge in [-0.2, -0.15) is 0 Å². The first-order valence-corrected chi connectivity index (χ1v) is 7.78. The van der Waals surface area contributed by atoms with Crippen LogP contribution < -0.4 is 10.5 Å². The quantitative estimate of drug-likeness (QED) is 0.513. The molecule has 1 aromatic carbocycles. The van der Waals surface area contributed by atoms with Crippen LogP contribution in [0.2, 0.25) is 0 Å². The molecule has 0 aliphatic heterocycles. The monoisotopic (exact) mass is 302 g/mol. The van der Waals surface area contributed by atoms with Gasteiger partial charge in [0.2, 0.25) is 0 Å². The van der Waals surface area contributed by atoms with E-state index in [-0.39, 0.29) is 24.0 Å². The number of ether oxygens (including phenoxy) is 1. The molecule has 0 saturated carbocycles. The van der Waals surface area contributed by atoms with Crippen LogP contribution in [0.15, 0.2) is 24.3 Å². The fourth-order valence-electron chi connectivity index (χ4n) is 1.48. The number of rotatable bonds is 8. The Morgan fingerprint density at radius 1 is 1.30 bits per heavy atom. The molecule has 0 unspecified atom stereocenters. The van der Waals surface area contributed by atoms with Gasteiger partial charge in [0.15, 0.2) is 6.61 Å². The lowest BCUT2D eigenvalue weighted by Crippen LogP contribution is -2.13. The summed E-state index contributed by atoms with van der Waals surface area (Å²) in [5, 5.41) is 8.50. The van der Waals surface area contributed by atoms with Gasteiger partial charge in [-0.3, -0.25) is 0 Å². The molecule has 1 aromatic rings. The molecule has 0 fully saturated rings. The third-order valence-corrected chi connectivity index (χ3v) is 4.29. The molecule has 0 bridgehead atoms. The van der Waals surface area contributed by atoms with E-state index in [1.54, 1.807) is 0 Å². The van der Waals surface area contributed by atoms with Gasteiger partial charge in [-0.1, -0.05) is 6.07 Å². The third kappa shape index (κ3) is 4.86. The molecule has 0 atom stereocenters. The van der Waals surface area contributed by atoms with E-state index < -0.39 is 25.8 Å². The third-order valence-electron chi connectivity index (χ3n) is 2.44. The van der Waals surface area contributed by atoms with E-state index in [0.717, 1.165) is 0 Å². The molecule has 8 heteroatoms. The van der Waals surface area contributed by atoms with Crippen molar-refractivity contribution in [3.63, 3.8) is 0 Å². The van der Waals surface area contributed by atoms with E-state index in [4.69, 9.17) is 15.6 Å².